The van der Waals surface area contributed by atoms with E-state index in [1.165, 1.54) is 0 Å². The first-order valence-electron chi connectivity index (χ1n) is 16.3. The number of fused-ring (bicyclic) bond motifs is 1. The van der Waals surface area contributed by atoms with Crippen LogP contribution in [0.25, 0.3) is 22.3 Å². The number of nitrogens with zero attached hydrogens (tertiary/aromatic N) is 5. The second-order valence-electron chi connectivity index (χ2n) is 14.0. The van der Waals surface area contributed by atoms with Crippen molar-refractivity contribution in [3.8, 4) is 17.1 Å². The van der Waals surface area contributed by atoms with Crippen molar-refractivity contribution in [2.75, 3.05) is 37.8 Å². The maximum Gasteiger partial charge on any atom is 0.296 e. The van der Waals surface area contributed by atoms with Crippen LogP contribution in [-0.4, -0.2) is 80.9 Å². The number of rotatable bonds is 14. The van der Waals surface area contributed by atoms with Gasteiger partial charge in [-0.3, -0.25) is 4.18 Å². The highest BCUT2D eigenvalue weighted by Gasteiger charge is 2.40. The van der Waals surface area contributed by atoms with Crippen LogP contribution in [-0.2, 0) is 30.5 Å². The van der Waals surface area contributed by atoms with Gasteiger partial charge in [0.25, 0.3) is 10.1 Å². The minimum absolute atomic E-state index is 0.0239. The minimum atomic E-state index is -3.84. The molecular weight excluding hydrogens is 635 g/mol. The van der Waals surface area contributed by atoms with Gasteiger partial charge in [0.15, 0.2) is 0 Å². The smallest absolute Gasteiger partial charge is 0.296 e. The summed E-state index contributed by atoms with van der Waals surface area (Å²) in [4.78, 5) is 11.6. The lowest BCUT2D eigenvalue weighted by molar-refractivity contribution is 0.0271. The molecule has 13 heteroatoms. The van der Waals surface area contributed by atoms with Gasteiger partial charge in [0.05, 0.1) is 41.1 Å². The molecule has 0 radical (unpaired) electrons. The molecule has 2 aromatic heterocycles. The van der Waals surface area contributed by atoms with Gasteiger partial charge in [-0.2, -0.15) is 13.5 Å². The summed E-state index contributed by atoms with van der Waals surface area (Å²) in [5.41, 5.74) is 3.31. The topological polar surface area (TPSA) is 118 Å². The summed E-state index contributed by atoms with van der Waals surface area (Å²) in [6.45, 7) is 13.7. The van der Waals surface area contributed by atoms with Crippen molar-refractivity contribution < 1.29 is 26.8 Å². The van der Waals surface area contributed by atoms with E-state index in [9.17, 15) is 8.42 Å². The van der Waals surface area contributed by atoms with Crippen LogP contribution in [0.15, 0.2) is 59.8 Å². The first kappa shape index (κ1) is 33.5. The van der Waals surface area contributed by atoms with E-state index < -0.39 is 18.2 Å². The second kappa shape index (κ2) is 13.6. The Morgan fingerprint density at radius 2 is 1.83 bits per heavy atom. The molecule has 2 aromatic carbocycles. The predicted octanol–water partition coefficient (Wildman–Crippen LogP) is 6.05. The largest absolute Gasteiger partial charge is 0.488 e. The molecule has 2 aliphatic rings. The summed E-state index contributed by atoms with van der Waals surface area (Å²) in [6, 6.07) is 15.7. The number of anilines is 1. The van der Waals surface area contributed by atoms with Gasteiger partial charge in [0.2, 0.25) is 0 Å². The Morgan fingerprint density at radius 1 is 1.04 bits per heavy atom. The van der Waals surface area contributed by atoms with E-state index in [0.717, 1.165) is 58.3 Å². The van der Waals surface area contributed by atoms with Crippen molar-refractivity contribution in [1.29, 1.82) is 0 Å². The number of benzene rings is 2. The lowest BCUT2D eigenvalue weighted by atomic mass is 10.1. The normalized spacial score (nSPS) is 18.1. The summed E-state index contributed by atoms with van der Waals surface area (Å²) in [6.07, 6.45) is 3.88. The monoisotopic (exact) mass is 679 g/mol. The molecule has 252 valence electrons. The molecule has 1 saturated carbocycles. The van der Waals surface area contributed by atoms with Gasteiger partial charge in [0, 0.05) is 45.6 Å². The molecule has 47 heavy (non-hydrogen) atoms. The summed E-state index contributed by atoms with van der Waals surface area (Å²) in [5, 5.41) is 5.84. The van der Waals surface area contributed by atoms with Gasteiger partial charge in [-0.05, 0) is 63.1 Å². The number of aromatic nitrogens is 4. The van der Waals surface area contributed by atoms with Gasteiger partial charge in [0.1, 0.15) is 30.2 Å². The van der Waals surface area contributed by atoms with Gasteiger partial charge < -0.3 is 19.1 Å². The second-order valence-corrected chi connectivity index (χ2v) is 21.2. The summed E-state index contributed by atoms with van der Waals surface area (Å²) in [5.74, 6) is 1.57. The van der Waals surface area contributed by atoms with Crippen LogP contribution in [0.1, 0.15) is 31.7 Å². The lowest BCUT2D eigenvalue weighted by Gasteiger charge is -2.33. The van der Waals surface area contributed by atoms with Crippen molar-refractivity contribution in [3.63, 3.8) is 0 Å². The molecule has 2 fully saturated rings. The zero-order chi connectivity index (χ0) is 33.2. The van der Waals surface area contributed by atoms with Crippen LogP contribution in [0.5, 0.6) is 5.75 Å². The van der Waals surface area contributed by atoms with Crippen molar-refractivity contribution >= 4 is 34.9 Å². The van der Waals surface area contributed by atoms with E-state index in [4.69, 9.17) is 28.5 Å². The molecule has 1 atom stereocenters. The van der Waals surface area contributed by atoms with Gasteiger partial charge in [-0.15, -0.1) is 0 Å². The zero-order valence-electron chi connectivity index (χ0n) is 27.9. The summed E-state index contributed by atoms with van der Waals surface area (Å²) >= 11 is 0. The van der Waals surface area contributed by atoms with E-state index in [-0.39, 0.29) is 23.2 Å². The van der Waals surface area contributed by atoms with E-state index in [2.05, 4.69) is 42.5 Å². The molecule has 0 N–H and O–H groups in total. The maximum atomic E-state index is 12.6. The fourth-order valence-electron chi connectivity index (χ4n) is 5.44. The molecule has 1 saturated heterocycles. The number of aryl methyl sites for hydroxylation is 1. The van der Waals surface area contributed by atoms with Crippen LogP contribution < -0.4 is 9.64 Å². The quantitative estimate of drug-likeness (QED) is 0.0886. The molecule has 4 aromatic rings. The van der Waals surface area contributed by atoms with E-state index >= 15 is 0 Å². The van der Waals surface area contributed by atoms with Crippen LogP contribution in [0.4, 0.5) is 5.82 Å². The van der Waals surface area contributed by atoms with Crippen molar-refractivity contribution in [1.82, 2.24) is 19.7 Å². The average molecular weight is 680 g/mol. The predicted molar refractivity (Wildman–Crippen MR) is 184 cm³/mol. The van der Waals surface area contributed by atoms with E-state index in [1.807, 2.05) is 29.8 Å². The van der Waals surface area contributed by atoms with Gasteiger partial charge >= 0.3 is 0 Å². The van der Waals surface area contributed by atoms with Gasteiger partial charge in [-0.1, -0.05) is 37.3 Å². The molecule has 0 spiro atoms. The molecule has 6 rings (SSSR count). The third-order valence-electron chi connectivity index (χ3n) is 8.58. The summed E-state index contributed by atoms with van der Waals surface area (Å²) in [7, 11) is -5.08. The van der Waals surface area contributed by atoms with E-state index in [1.54, 1.807) is 30.6 Å². The Bertz CT molecular complexity index is 1800. The number of morpholine rings is 1. The SMILES string of the molecule is Cc1ccc(S(=O)(=O)OCCC2CN(c3cc(-c4c5cc(OC6(C)CC6)ccc5nn4COCC[Si](C)(C)C)ncn3)CCO2)cc1. The molecule has 1 aliphatic heterocycles. The number of hydrogen-bond donors (Lipinski definition) is 0. The van der Waals surface area contributed by atoms with Gasteiger partial charge in [-0.25, -0.2) is 14.6 Å². The minimum Gasteiger partial charge on any atom is -0.488 e. The van der Waals surface area contributed by atoms with Crippen molar-refractivity contribution in [3.05, 3.63) is 60.4 Å². The molecule has 0 bridgehead atoms. The van der Waals surface area contributed by atoms with Crippen molar-refractivity contribution in [2.45, 2.75) is 82.1 Å². The highest BCUT2D eigenvalue weighted by molar-refractivity contribution is 7.86. The first-order chi connectivity index (χ1) is 22.4. The Labute approximate surface area is 278 Å². The first-order valence-corrected chi connectivity index (χ1v) is 21.4. The average Bonchev–Trinajstić information content (AvgIpc) is 3.64. The third kappa shape index (κ3) is 8.57. The van der Waals surface area contributed by atoms with Crippen LogP contribution in [0, 0.1) is 6.92 Å². The zero-order valence-corrected chi connectivity index (χ0v) is 29.8. The Morgan fingerprint density at radius 3 is 2.57 bits per heavy atom. The van der Waals surface area contributed by atoms with Crippen LogP contribution in [0.3, 0.4) is 0 Å². The highest BCUT2D eigenvalue weighted by atomic mass is 32.2. The fraction of sp³-hybridized carbons (Fsp3) is 0.500. The maximum absolute atomic E-state index is 12.6. The van der Waals surface area contributed by atoms with Crippen LogP contribution in [0.2, 0.25) is 25.7 Å². The Hall–Kier alpha value is -3.36. The standard InChI is InChI=1S/C34H45N5O6SSi/c1-25-6-9-28(10-7-25)46(40,41)44-16-12-27-22-38(15-17-43-27)32-21-31(35-23-36-32)33-29-20-26(45-34(2)13-14-34)8-11-30(29)37-39(33)24-42-18-19-47(3,4)5/h6-11,20-21,23,27H,12-19,22,24H2,1-5H3. The molecule has 0 amide bonds. The summed E-state index contributed by atoms with van der Waals surface area (Å²) < 4.78 is 51.0. The Kier molecular flexibility index (Phi) is 9.73. The Balaban J connectivity index is 1.19. The van der Waals surface area contributed by atoms with E-state index in [0.29, 0.717) is 39.5 Å². The molecular formula is C34H45N5O6SSi. The van der Waals surface area contributed by atoms with Crippen molar-refractivity contribution in [2.24, 2.45) is 0 Å². The molecule has 1 unspecified atom stereocenters. The number of ether oxygens (including phenoxy) is 3. The molecule has 11 nitrogen and oxygen atoms in total. The lowest BCUT2D eigenvalue weighted by Crippen LogP contribution is -2.43. The third-order valence-corrected chi connectivity index (χ3v) is 11.6. The molecule has 1 aliphatic carbocycles. The fourth-order valence-corrected chi connectivity index (χ4v) is 7.12. The highest BCUT2D eigenvalue weighted by Crippen LogP contribution is 2.41. The molecule has 3 heterocycles. The van der Waals surface area contributed by atoms with Crippen LogP contribution >= 0.6 is 0 Å². The number of hydrogen-bond acceptors (Lipinski definition) is 10.